The summed E-state index contributed by atoms with van der Waals surface area (Å²) in [7, 11) is 0. The third-order valence-electron chi connectivity index (χ3n) is 2.98. The van der Waals surface area contributed by atoms with Gasteiger partial charge >= 0.3 is 0 Å². The SMILES string of the molecule is Fc1ccc(CCNc2nc3ccccc3o2)c(F)c1. The van der Waals surface area contributed by atoms with Gasteiger partial charge in [0.15, 0.2) is 5.58 Å². The average Bonchev–Trinajstić information content (AvgIpc) is 2.84. The molecule has 0 aliphatic rings. The van der Waals surface area contributed by atoms with Crippen LogP contribution in [0.4, 0.5) is 14.8 Å². The molecule has 0 amide bonds. The van der Waals surface area contributed by atoms with Gasteiger partial charge in [-0.2, -0.15) is 4.98 Å². The number of aromatic nitrogens is 1. The number of hydrogen-bond acceptors (Lipinski definition) is 3. The van der Waals surface area contributed by atoms with Crippen LogP contribution in [0.3, 0.4) is 0 Å². The molecule has 0 aliphatic heterocycles. The van der Waals surface area contributed by atoms with E-state index in [9.17, 15) is 8.78 Å². The lowest BCUT2D eigenvalue weighted by Gasteiger charge is -2.03. The van der Waals surface area contributed by atoms with Crippen molar-refractivity contribution < 1.29 is 13.2 Å². The van der Waals surface area contributed by atoms with Gasteiger partial charge in [-0.1, -0.05) is 18.2 Å². The zero-order valence-corrected chi connectivity index (χ0v) is 10.6. The number of para-hydroxylation sites is 2. The van der Waals surface area contributed by atoms with E-state index in [1.165, 1.54) is 12.1 Å². The van der Waals surface area contributed by atoms with Gasteiger partial charge in [0.2, 0.25) is 0 Å². The Kier molecular flexibility index (Phi) is 3.33. The highest BCUT2D eigenvalue weighted by molar-refractivity contribution is 5.74. The molecule has 1 N–H and O–H groups in total. The van der Waals surface area contributed by atoms with E-state index in [0.29, 0.717) is 30.1 Å². The Morgan fingerprint density at radius 2 is 1.95 bits per heavy atom. The van der Waals surface area contributed by atoms with E-state index in [0.717, 1.165) is 11.6 Å². The molecule has 0 bridgehead atoms. The molecule has 0 unspecified atom stereocenters. The summed E-state index contributed by atoms with van der Waals surface area (Å²) in [5, 5.41) is 2.99. The van der Waals surface area contributed by atoms with Gasteiger partial charge in [0.1, 0.15) is 17.2 Å². The third kappa shape index (κ3) is 2.61. The topological polar surface area (TPSA) is 38.1 Å². The molecule has 0 radical (unpaired) electrons. The molecule has 1 heterocycles. The van der Waals surface area contributed by atoms with Crippen molar-refractivity contribution in [3.8, 4) is 0 Å². The van der Waals surface area contributed by atoms with Gasteiger partial charge in [-0.3, -0.25) is 0 Å². The third-order valence-corrected chi connectivity index (χ3v) is 2.98. The predicted octanol–water partition coefficient (Wildman–Crippen LogP) is 3.76. The molecule has 102 valence electrons. The Morgan fingerprint density at radius 3 is 2.75 bits per heavy atom. The van der Waals surface area contributed by atoms with Crippen molar-refractivity contribution in [1.29, 1.82) is 0 Å². The highest BCUT2D eigenvalue weighted by Gasteiger charge is 2.06. The summed E-state index contributed by atoms with van der Waals surface area (Å²) < 4.78 is 31.7. The Morgan fingerprint density at radius 1 is 1.10 bits per heavy atom. The summed E-state index contributed by atoms with van der Waals surface area (Å²) in [4.78, 5) is 4.25. The summed E-state index contributed by atoms with van der Waals surface area (Å²) in [5.41, 5.74) is 1.92. The van der Waals surface area contributed by atoms with Gasteiger partial charge < -0.3 is 9.73 Å². The molecule has 5 heteroatoms. The molecule has 0 saturated carbocycles. The van der Waals surface area contributed by atoms with Gasteiger partial charge in [0.05, 0.1) is 0 Å². The van der Waals surface area contributed by atoms with Crippen molar-refractivity contribution >= 4 is 17.1 Å². The molecule has 20 heavy (non-hydrogen) atoms. The van der Waals surface area contributed by atoms with Crippen LogP contribution in [-0.2, 0) is 6.42 Å². The maximum absolute atomic E-state index is 13.4. The average molecular weight is 274 g/mol. The van der Waals surface area contributed by atoms with Crippen molar-refractivity contribution in [3.63, 3.8) is 0 Å². The lowest BCUT2D eigenvalue weighted by Crippen LogP contribution is -2.06. The molecular weight excluding hydrogens is 262 g/mol. The molecule has 3 nitrogen and oxygen atoms in total. The Balaban J connectivity index is 1.64. The molecular formula is C15H12F2N2O. The monoisotopic (exact) mass is 274 g/mol. The largest absolute Gasteiger partial charge is 0.424 e. The van der Waals surface area contributed by atoms with E-state index in [1.54, 1.807) is 0 Å². The van der Waals surface area contributed by atoms with Gasteiger partial charge in [-0.25, -0.2) is 8.78 Å². The van der Waals surface area contributed by atoms with Crippen LogP contribution in [0.25, 0.3) is 11.1 Å². The lowest BCUT2D eigenvalue weighted by molar-refractivity contribution is 0.571. The van der Waals surface area contributed by atoms with Crippen LogP contribution in [0.1, 0.15) is 5.56 Å². The van der Waals surface area contributed by atoms with Gasteiger partial charge in [0, 0.05) is 12.6 Å². The molecule has 2 aromatic carbocycles. The number of halogens is 2. The number of benzene rings is 2. The van der Waals surface area contributed by atoms with Gasteiger partial charge in [-0.05, 0) is 30.2 Å². The number of hydrogen-bond donors (Lipinski definition) is 1. The molecule has 0 fully saturated rings. The highest BCUT2D eigenvalue weighted by atomic mass is 19.1. The Hall–Kier alpha value is -2.43. The van der Waals surface area contributed by atoms with Crippen LogP contribution in [0.2, 0.25) is 0 Å². The second-order valence-electron chi connectivity index (χ2n) is 4.40. The first kappa shape index (κ1) is 12.6. The fourth-order valence-corrected chi connectivity index (χ4v) is 1.98. The first-order valence-electron chi connectivity index (χ1n) is 6.26. The number of rotatable bonds is 4. The number of nitrogens with one attached hydrogen (secondary N) is 1. The number of nitrogens with zero attached hydrogens (tertiary/aromatic N) is 1. The minimum atomic E-state index is -0.571. The second-order valence-corrected chi connectivity index (χ2v) is 4.40. The van der Waals surface area contributed by atoms with Crippen LogP contribution in [-0.4, -0.2) is 11.5 Å². The van der Waals surface area contributed by atoms with Crippen LogP contribution in [0, 0.1) is 11.6 Å². The normalized spacial score (nSPS) is 10.9. The Bertz CT molecular complexity index is 707. The zero-order valence-electron chi connectivity index (χ0n) is 10.6. The molecule has 0 atom stereocenters. The van der Waals surface area contributed by atoms with Crippen LogP contribution >= 0.6 is 0 Å². The predicted molar refractivity (Wildman–Crippen MR) is 72.6 cm³/mol. The highest BCUT2D eigenvalue weighted by Crippen LogP contribution is 2.18. The minimum Gasteiger partial charge on any atom is -0.424 e. The summed E-state index contributed by atoms with van der Waals surface area (Å²) in [6.45, 7) is 0.454. The van der Waals surface area contributed by atoms with Gasteiger partial charge in [-0.15, -0.1) is 0 Å². The molecule has 1 aromatic heterocycles. The van der Waals surface area contributed by atoms with E-state index in [1.807, 2.05) is 24.3 Å². The van der Waals surface area contributed by atoms with E-state index < -0.39 is 11.6 Å². The maximum atomic E-state index is 13.4. The van der Waals surface area contributed by atoms with Crippen molar-refractivity contribution in [2.75, 3.05) is 11.9 Å². The van der Waals surface area contributed by atoms with E-state index in [2.05, 4.69) is 10.3 Å². The molecule has 3 aromatic rings. The first-order valence-corrected chi connectivity index (χ1v) is 6.26. The number of fused-ring (bicyclic) bond motifs is 1. The quantitative estimate of drug-likeness (QED) is 0.787. The van der Waals surface area contributed by atoms with E-state index in [-0.39, 0.29) is 0 Å². The van der Waals surface area contributed by atoms with E-state index >= 15 is 0 Å². The van der Waals surface area contributed by atoms with Crippen molar-refractivity contribution in [2.24, 2.45) is 0 Å². The van der Waals surface area contributed by atoms with Crippen LogP contribution in [0.15, 0.2) is 46.9 Å². The fraction of sp³-hybridized carbons (Fsp3) is 0.133. The lowest BCUT2D eigenvalue weighted by atomic mass is 10.1. The van der Waals surface area contributed by atoms with Crippen molar-refractivity contribution in [2.45, 2.75) is 6.42 Å². The summed E-state index contributed by atoms with van der Waals surface area (Å²) in [6.07, 6.45) is 0.421. The van der Waals surface area contributed by atoms with Crippen molar-refractivity contribution in [1.82, 2.24) is 4.98 Å². The molecule has 3 rings (SSSR count). The number of oxazole rings is 1. The second kappa shape index (κ2) is 5.28. The smallest absolute Gasteiger partial charge is 0.295 e. The fourth-order valence-electron chi connectivity index (χ4n) is 1.98. The zero-order chi connectivity index (χ0) is 13.9. The van der Waals surface area contributed by atoms with Crippen LogP contribution < -0.4 is 5.32 Å². The van der Waals surface area contributed by atoms with Gasteiger partial charge in [0.25, 0.3) is 6.01 Å². The summed E-state index contributed by atoms with van der Waals surface area (Å²) >= 11 is 0. The molecule has 0 spiro atoms. The molecule has 0 aliphatic carbocycles. The summed E-state index contributed by atoms with van der Waals surface area (Å²) in [5.74, 6) is -1.11. The van der Waals surface area contributed by atoms with E-state index in [4.69, 9.17) is 4.42 Å². The van der Waals surface area contributed by atoms with Crippen LogP contribution in [0.5, 0.6) is 0 Å². The van der Waals surface area contributed by atoms with Crippen molar-refractivity contribution in [3.05, 3.63) is 59.7 Å². The Labute approximate surface area is 114 Å². The number of anilines is 1. The standard InChI is InChI=1S/C15H12F2N2O/c16-11-6-5-10(12(17)9-11)7-8-18-15-19-13-3-1-2-4-14(13)20-15/h1-6,9H,7-8H2,(H,18,19). The molecule has 0 saturated heterocycles. The maximum Gasteiger partial charge on any atom is 0.295 e. The summed E-state index contributed by atoms with van der Waals surface area (Å²) in [6, 6.07) is 11.4. The first-order chi connectivity index (χ1) is 9.72. The minimum absolute atomic E-state index is 0.397.